The van der Waals surface area contributed by atoms with Crippen LogP contribution >= 0.6 is 7.80 Å². The minimum atomic E-state index is 0.271. The van der Waals surface area contributed by atoms with Gasteiger partial charge in [0, 0.05) is 0 Å². The van der Waals surface area contributed by atoms with Gasteiger partial charge in [-0.25, -0.2) is 0 Å². The molecule has 0 unspecified atom stereocenters. The molecule has 0 aromatic heterocycles. The highest BCUT2D eigenvalue weighted by Crippen LogP contribution is 2.77. The molecule has 0 amide bonds. The average Bonchev–Trinajstić information content (AvgIpc) is 2.43. The number of hydrogen-bond acceptors (Lipinski definition) is 0. The summed E-state index contributed by atoms with van der Waals surface area (Å²) >= 11 is 0. The molecule has 8 aliphatic carbocycles. The summed E-state index contributed by atoms with van der Waals surface area (Å²) < 4.78 is 0. The first-order chi connectivity index (χ1) is 10.6. The molecule has 8 fully saturated rings. The molecule has 2 heteroatoms. The molecule has 8 aliphatic rings. The van der Waals surface area contributed by atoms with Gasteiger partial charge in [-0.2, -0.15) is 0 Å². The fourth-order valence-electron chi connectivity index (χ4n) is 9.45. The molecule has 8 bridgehead atoms. The summed E-state index contributed by atoms with van der Waals surface area (Å²) in [6, 6.07) is 0. The van der Waals surface area contributed by atoms with Gasteiger partial charge in [-0.15, -0.1) is 7.80 Å². The molecule has 0 N–H and O–H groups in total. The third kappa shape index (κ3) is 1.76. The van der Waals surface area contributed by atoms with Crippen LogP contribution in [0.25, 0.3) is 0 Å². The summed E-state index contributed by atoms with van der Waals surface area (Å²) in [4.78, 5) is 0. The van der Waals surface area contributed by atoms with E-state index in [1.165, 1.54) is 0 Å². The smallest absolute Gasteiger partial charge is 0.135 e. The zero-order chi connectivity index (χ0) is 14.5. The SMILES string of the molecule is BP(C12CC3CC(CC(C3)C1)C2)C12CC3CC(CC(C3)C1)C2. The maximum atomic E-state index is 2.83. The van der Waals surface area contributed by atoms with Gasteiger partial charge in [-0.05, 0) is 123 Å². The maximum Gasteiger partial charge on any atom is 0.135 e. The van der Waals surface area contributed by atoms with Crippen LogP contribution in [0.5, 0.6) is 0 Å². The van der Waals surface area contributed by atoms with Crippen molar-refractivity contribution in [2.45, 2.75) is 87.4 Å². The Kier molecular flexibility index (Phi) is 2.73. The van der Waals surface area contributed by atoms with Crippen molar-refractivity contribution in [1.82, 2.24) is 0 Å². The largest absolute Gasteiger partial charge is 0.136 e. The van der Waals surface area contributed by atoms with Crippen molar-refractivity contribution >= 4 is 15.4 Å². The summed E-state index contributed by atoms with van der Waals surface area (Å²) in [5.74, 6) is 6.95. The molecule has 0 aliphatic heterocycles. The van der Waals surface area contributed by atoms with Crippen molar-refractivity contribution in [2.75, 3.05) is 0 Å². The van der Waals surface area contributed by atoms with Crippen LogP contribution in [0.4, 0.5) is 0 Å². The molecule has 120 valence electrons. The van der Waals surface area contributed by atoms with E-state index in [9.17, 15) is 0 Å². The van der Waals surface area contributed by atoms with Crippen molar-refractivity contribution < 1.29 is 0 Å². The van der Waals surface area contributed by atoms with Gasteiger partial charge in [-0.3, -0.25) is 0 Å². The van der Waals surface area contributed by atoms with Gasteiger partial charge in [0.25, 0.3) is 0 Å². The van der Waals surface area contributed by atoms with E-state index >= 15 is 0 Å². The monoisotopic (exact) mass is 314 g/mol. The van der Waals surface area contributed by atoms with E-state index < -0.39 is 0 Å². The van der Waals surface area contributed by atoms with Gasteiger partial charge < -0.3 is 0 Å². The Labute approximate surface area is 138 Å². The predicted molar refractivity (Wildman–Crippen MR) is 97.3 cm³/mol. The Morgan fingerprint density at radius 1 is 0.500 bits per heavy atom. The van der Waals surface area contributed by atoms with Crippen LogP contribution in [0.1, 0.15) is 77.0 Å². The highest BCUT2D eigenvalue weighted by molar-refractivity contribution is 7.84. The van der Waals surface area contributed by atoms with Gasteiger partial charge in [-0.1, -0.05) is 0 Å². The first kappa shape index (κ1) is 13.7. The Hall–Kier alpha value is 0.495. The summed E-state index contributed by atoms with van der Waals surface area (Å²) in [5, 5.41) is 1.74. The molecular weight excluding hydrogens is 282 g/mol. The van der Waals surface area contributed by atoms with Crippen LogP contribution in [0, 0.1) is 35.5 Å². The van der Waals surface area contributed by atoms with Crippen LogP contribution in [0.3, 0.4) is 0 Å². The topological polar surface area (TPSA) is 0 Å². The molecule has 8 rings (SSSR count). The summed E-state index contributed by atoms with van der Waals surface area (Å²) in [5.41, 5.74) is 0. The van der Waals surface area contributed by atoms with Crippen molar-refractivity contribution in [3.63, 3.8) is 0 Å². The van der Waals surface area contributed by atoms with Crippen molar-refractivity contribution in [2.24, 2.45) is 35.5 Å². The third-order valence-electron chi connectivity index (χ3n) is 9.43. The average molecular weight is 314 g/mol. The molecule has 0 aromatic carbocycles. The molecule has 22 heavy (non-hydrogen) atoms. The fraction of sp³-hybridized carbons (Fsp3) is 1.00. The lowest BCUT2D eigenvalue weighted by molar-refractivity contribution is 0.0201. The van der Waals surface area contributed by atoms with Crippen LogP contribution in [-0.2, 0) is 0 Å². The van der Waals surface area contributed by atoms with Crippen LogP contribution in [-0.4, -0.2) is 17.9 Å². The Bertz CT molecular complexity index is 383. The van der Waals surface area contributed by atoms with E-state index in [-0.39, 0.29) is 7.80 Å². The van der Waals surface area contributed by atoms with Crippen LogP contribution in [0.15, 0.2) is 0 Å². The second-order valence-corrected chi connectivity index (χ2v) is 13.9. The standard InChI is InChI=1S/C20H32BP/c21-22(19-7-13-1-14(8-19)3-15(2-13)9-19)20-10-16-4-17(11-20)6-18(5-16)12-20/h13-18H,1-12,21H2. The Balaban J connectivity index is 1.36. The summed E-state index contributed by atoms with van der Waals surface area (Å²) in [7, 11) is 3.10. The molecule has 0 nitrogen and oxygen atoms in total. The molecule has 8 saturated carbocycles. The molecule has 0 heterocycles. The summed E-state index contributed by atoms with van der Waals surface area (Å²) in [6.45, 7) is 0. The van der Waals surface area contributed by atoms with E-state index in [4.69, 9.17) is 0 Å². The van der Waals surface area contributed by atoms with E-state index in [1.54, 1.807) is 77.0 Å². The van der Waals surface area contributed by atoms with Crippen LogP contribution < -0.4 is 0 Å². The zero-order valence-corrected chi connectivity index (χ0v) is 15.3. The third-order valence-corrected chi connectivity index (χ3v) is 13.4. The zero-order valence-electron chi connectivity index (χ0n) is 14.4. The van der Waals surface area contributed by atoms with E-state index in [0.29, 0.717) is 0 Å². The van der Waals surface area contributed by atoms with Crippen molar-refractivity contribution in [3.05, 3.63) is 0 Å². The van der Waals surface area contributed by atoms with E-state index in [1.807, 2.05) is 0 Å². The van der Waals surface area contributed by atoms with Gasteiger partial charge >= 0.3 is 0 Å². The van der Waals surface area contributed by atoms with Crippen LogP contribution in [0.2, 0.25) is 0 Å². The van der Waals surface area contributed by atoms with Gasteiger partial charge in [0.1, 0.15) is 7.57 Å². The minimum Gasteiger partial charge on any atom is -0.136 e. The van der Waals surface area contributed by atoms with Crippen molar-refractivity contribution in [3.8, 4) is 0 Å². The molecule has 0 radical (unpaired) electrons. The fourth-order valence-corrected chi connectivity index (χ4v) is 13.7. The lowest BCUT2D eigenvalue weighted by atomic mass is 9.55. The van der Waals surface area contributed by atoms with Gasteiger partial charge in [0.05, 0.1) is 0 Å². The Morgan fingerprint density at radius 2 is 0.727 bits per heavy atom. The molecular formula is C20H32BP. The van der Waals surface area contributed by atoms with E-state index in [0.717, 1.165) is 45.8 Å². The highest BCUT2D eigenvalue weighted by atomic mass is 31.1. The normalized spacial score (nSPS) is 62.5. The van der Waals surface area contributed by atoms with Crippen molar-refractivity contribution in [1.29, 1.82) is 0 Å². The first-order valence-corrected chi connectivity index (χ1v) is 12.2. The quantitative estimate of drug-likeness (QED) is 0.499. The lowest BCUT2D eigenvalue weighted by Gasteiger charge is -2.67. The predicted octanol–water partition coefficient (Wildman–Crippen LogP) is 4.95. The molecule has 0 spiro atoms. The maximum absolute atomic E-state index is 2.83. The second-order valence-electron chi connectivity index (χ2n) is 10.8. The highest BCUT2D eigenvalue weighted by Gasteiger charge is 2.60. The molecule has 0 atom stereocenters. The summed E-state index contributed by atoms with van der Waals surface area (Å²) in [6.07, 6.45) is 19.8. The number of hydrogen-bond donors (Lipinski definition) is 0. The molecule has 0 aromatic rings. The number of rotatable bonds is 2. The van der Waals surface area contributed by atoms with E-state index in [2.05, 4.69) is 7.57 Å². The molecule has 0 saturated heterocycles. The first-order valence-electron chi connectivity index (χ1n) is 10.4. The van der Waals surface area contributed by atoms with Gasteiger partial charge in [0.15, 0.2) is 0 Å². The van der Waals surface area contributed by atoms with Gasteiger partial charge in [0.2, 0.25) is 0 Å². The minimum absolute atomic E-state index is 0.271. The Morgan fingerprint density at radius 3 is 0.955 bits per heavy atom. The lowest BCUT2D eigenvalue weighted by Crippen LogP contribution is -2.56. The second kappa shape index (κ2) is 4.36.